The highest BCUT2D eigenvalue weighted by atomic mass is 16.5. The predicted molar refractivity (Wildman–Crippen MR) is 51.6 cm³/mol. The molecule has 13 heavy (non-hydrogen) atoms. The Morgan fingerprint density at radius 2 is 1.92 bits per heavy atom. The third-order valence-corrected chi connectivity index (χ3v) is 1.94. The van der Waals surface area contributed by atoms with Crippen molar-refractivity contribution < 1.29 is 14.6 Å². The smallest absolute Gasteiger partial charge is 0.132 e. The highest BCUT2D eigenvalue weighted by Gasteiger charge is 2.14. The average Bonchev–Trinajstić information content (AvgIpc) is 2.00. The summed E-state index contributed by atoms with van der Waals surface area (Å²) in [6.45, 7) is 7.51. The first-order valence-corrected chi connectivity index (χ1v) is 4.73. The topological polar surface area (TPSA) is 46.5 Å². The van der Waals surface area contributed by atoms with E-state index in [0.29, 0.717) is 13.0 Å². The van der Waals surface area contributed by atoms with Crippen molar-refractivity contribution >= 4 is 5.78 Å². The van der Waals surface area contributed by atoms with Gasteiger partial charge >= 0.3 is 0 Å². The molecule has 0 spiro atoms. The molecule has 0 saturated heterocycles. The van der Waals surface area contributed by atoms with Crippen LogP contribution in [0.4, 0.5) is 0 Å². The number of ketones is 1. The lowest BCUT2D eigenvalue weighted by Gasteiger charge is -2.15. The highest BCUT2D eigenvalue weighted by molar-refractivity contribution is 5.77. The molecule has 0 aliphatic carbocycles. The first-order chi connectivity index (χ1) is 5.93. The molecule has 0 rings (SSSR count). The van der Waals surface area contributed by atoms with Crippen LogP contribution >= 0.6 is 0 Å². The van der Waals surface area contributed by atoms with Gasteiger partial charge in [0.1, 0.15) is 5.78 Å². The van der Waals surface area contributed by atoms with Crippen molar-refractivity contribution in [3.63, 3.8) is 0 Å². The van der Waals surface area contributed by atoms with Gasteiger partial charge in [-0.3, -0.25) is 4.79 Å². The summed E-state index contributed by atoms with van der Waals surface area (Å²) in [6, 6.07) is 0. The molecule has 0 aliphatic rings. The Hall–Kier alpha value is -0.410. The number of ether oxygens (including phenoxy) is 1. The quantitative estimate of drug-likeness (QED) is 0.685. The van der Waals surface area contributed by atoms with Gasteiger partial charge in [-0.25, -0.2) is 0 Å². The summed E-state index contributed by atoms with van der Waals surface area (Å²) in [4.78, 5) is 10.9. The molecule has 0 saturated carbocycles. The second kappa shape index (κ2) is 6.11. The summed E-state index contributed by atoms with van der Waals surface area (Å²) in [5.74, 6) is 0.0364. The summed E-state index contributed by atoms with van der Waals surface area (Å²) < 4.78 is 5.22. The second-order valence-electron chi connectivity index (χ2n) is 3.78. The van der Waals surface area contributed by atoms with E-state index in [2.05, 4.69) is 0 Å². The van der Waals surface area contributed by atoms with Crippen LogP contribution in [0.1, 0.15) is 34.1 Å². The predicted octanol–water partition coefficient (Wildman–Crippen LogP) is 1.39. The minimum absolute atomic E-state index is 0.0780. The van der Waals surface area contributed by atoms with Crippen molar-refractivity contribution in [2.75, 3.05) is 6.61 Å². The van der Waals surface area contributed by atoms with Gasteiger partial charge in [0.05, 0.1) is 18.8 Å². The first kappa shape index (κ1) is 12.6. The maximum Gasteiger partial charge on any atom is 0.132 e. The molecular weight excluding hydrogens is 168 g/mol. The molecule has 0 aromatic rings. The van der Waals surface area contributed by atoms with E-state index in [4.69, 9.17) is 4.74 Å². The van der Waals surface area contributed by atoms with E-state index in [1.807, 2.05) is 20.8 Å². The van der Waals surface area contributed by atoms with Crippen molar-refractivity contribution in [3.05, 3.63) is 0 Å². The van der Waals surface area contributed by atoms with Crippen molar-refractivity contribution in [1.29, 1.82) is 0 Å². The van der Waals surface area contributed by atoms with Crippen molar-refractivity contribution in [2.45, 2.75) is 46.3 Å². The normalized spacial score (nSPS) is 15.8. The van der Waals surface area contributed by atoms with E-state index in [-0.39, 0.29) is 17.8 Å². The molecule has 1 N–H and O–H groups in total. The van der Waals surface area contributed by atoms with E-state index in [1.54, 1.807) is 6.92 Å². The maximum atomic E-state index is 10.9. The molecule has 0 radical (unpaired) electrons. The molecule has 3 nitrogen and oxygen atoms in total. The van der Waals surface area contributed by atoms with E-state index in [9.17, 15) is 9.90 Å². The number of hydrogen-bond donors (Lipinski definition) is 1. The van der Waals surface area contributed by atoms with Gasteiger partial charge < -0.3 is 9.84 Å². The van der Waals surface area contributed by atoms with E-state index in [0.717, 1.165) is 0 Å². The third kappa shape index (κ3) is 6.72. The molecule has 3 heteroatoms. The number of hydrogen-bond acceptors (Lipinski definition) is 3. The number of aliphatic hydroxyl groups is 1. The summed E-state index contributed by atoms with van der Waals surface area (Å²) in [5.41, 5.74) is 0. The Kier molecular flexibility index (Phi) is 5.91. The molecule has 0 aromatic heterocycles. The molecule has 2 atom stereocenters. The number of rotatable bonds is 6. The van der Waals surface area contributed by atoms with Crippen molar-refractivity contribution in [3.8, 4) is 0 Å². The van der Waals surface area contributed by atoms with Crippen LogP contribution in [0.2, 0.25) is 0 Å². The molecule has 0 heterocycles. The SMILES string of the molecule is CC(=O)C(C)CC(O)COC(C)C. The van der Waals surface area contributed by atoms with Gasteiger partial charge in [-0.1, -0.05) is 6.92 Å². The van der Waals surface area contributed by atoms with Crippen LogP contribution in [-0.2, 0) is 9.53 Å². The summed E-state index contributed by atoms with van der Waals surface area (Å²) in [5, 5.41) is 9.44. The molecule has 2 unspecified atom stereocenters. The van der Waals surface area contributed by atoms with Crippen molar-refractivity contribution in [2.24, 2.45) is 5.92 Å². The molecule has 0 aliphatic heterocycles. The van der Waals surface area contributed by atoms with Gasteiger partial charge in [-0.2, -0.15) is 0 Å². The maximum absolute atomic E-state index is 10.9. The van der Waals surface area contributed by atoms with Crippen molar-refractivity contribution in [1.82, 2.24) is 0 Å². The zero-order valence-electron chi connectivity index (χ0n) is 8.91. The van der Waals surface area contributed by atoms with Crippen LogP contribution in [0.25, 0.3) is 0 Å². The minimum Gasteiger partial charge on any atom is -0.391 e. The fourth-order valence-corrected chi connectivity index (χ4v) is 0.946. The number of aliphatic hydroxyl groups excluding tert-OH is 1. The standard InChI is InChI=1S/C10H20O3/c1-7(2)13-6-10(12)5-8(3)9(4)11/h7-8,10,12H,5-6H2,1-4H3. The lowest BCUT2D eigenvalue weighted by molar-refractivity contribution is -0.121. The van der Waals surface area contributed by atoms with Crippen LogP contribution in [0.15, 0.2) is 0 Å². The second-order valence-corrected chi connectivity index (χ2v) is 3.78. The van der Waals surface area contributed by atoms with E-state index >= 15 is 0 Å². The Labute approximate surface area is 80.1 Å². The van der Waals surface area contributed by atoms with E-state index in [1.165, 1.54) is 0 Å². The Bertz CT molecular complexity index is 154. The number of Topliss-reactive ketones (excluding diaryl/α,β-unsaturated/α-hetero) is 1. The summed E-state index contributed by atoms with van der Waals surface area (Å²) >= 11 is 0. The molecule has 0 amide bonds. The first-order valence-electron chi connectivity index (χ1n) is 4.73. The monoisotopic (exact) mass is 188 g/mol. The fourth-order valence-electron chi connectivity index (χ4n) is 0.946. The zero-order valence-corrected chi connectivity index (χ0v) is 8.91. The third-order valence-electron chi connectivity index (χ3n) is 1.94. The van der Waals surface area contributed by atoms with Crippen LogP contribution < -0.4 is 0 Å². The van der Waals surface area contributed by atoms with Gasteiger partial charge in [0.2, 0.25) is 0 Å². The fraction of sp³-hybridized carbons (Fsp3) is 0.900. The number of carbonyl (C=O) groups excluding carboxylic acids is 1. The Balaban J connectivity index is 3.61. The van der Waals surface area contributed by atoms with Gasteiger partial charge in [0.15, 0.2) is 0 Å². The number of carbonyl (C=O) groups is 1. The molecule has 0 fully saturated rings. The van der Waals surface area contributed by atoms with Gasteiger partial charge in [0, 0.05) is 5.92 Å². The summed E-state index contributed by atoms with van der Waals surface area (Å²) in [7, 11) is 0. The van der Waals surface area contributed by atoms with Gasteiger partial charge in [-0.05, 0) is 27.2 Å². The lowest BCUT2D eigenvalue weighted by atomic mass is 10.0. The lowest BCUT2D eigenvalue weighted by Crippen LogP contribution is -2.23. The molecule has 0 aromatic carbocycles. The summed E-state index contributed by atoms with van der Waals surface area (Å²) in [6.07, 6.45) is 0.0887. The van der Waals surface area contributed by atoms with Crippen LogP contribution in [0.3, 0.4) is 0 Å². The van der Waals surface area contributed by atoms with E-state index < -0.39 is 6.10 Å². The molecular formula is C10H20O3. The Morgan fingerprint density at radius 1 is 1.38 bits per heavy atom. The highest BCUT2D eigenvalue weighted by Crippen LogP contribution is 2.07. The van der Waals surface area contributed by atoms with Gasteiger partial charge in [-0.15, -0.1) is 0 Å². The zero-order chi connectivity index (χ0) is 10.4. The van der Waals surface area contributed by atoms with Gasteiger partial charge in [0.25, 0.3) is 0 Å². The Morgan fingerprint density at radius 3 is 2.31 bits per heavy atom. The molecule has 0 bridgehead atoms. The minimum atomic E-state index is -0.527. The average molecular weight is 188 g/mol. The van der Waals surface area contributed by atoms with Crippen LogP contribution in [0.5, 0.6) is 0 Å². The molecule has 78 valence electrons. The largest absolute Gasteiger partial charge is 0.391 e. The van der Waals surface area contributed by atoms with Crippen LogP contribution in [-0.4, -0.2) is 29.7 Å². The van der Waals surface area contributed by atoms with Crippen LogP contribution in [0, 0.1) is 5.92 Å².